The molecule has 0 bridgehead atoms. The van der Waals surface area contributed by atoms with Crippen LogP contribution in [-0.2, 0) is 0 Å². The third-order valence-electron chi connectivity index (χ3n) is 1.19. The molecule has 0 amide bonds. The van der Waals surface area contributed by atoms with Gasteiger partial charge >= 0.3 is 0 Å². The molecule has 0 saturated carbocycles. The van der Waals surface area contributed by atoms with Crippen LogP contribution in [0.2, 0.25) is 0 Å². The van der Waals surface area contributed by atoms with Crippen molar-refractivity contribution >= 4 is 17.4 Å². The van der Waals surface area contributed by atoms with Crippen LogP contribution in [0.15, 0.2) is 0 Å². The highest BCUT2D eigenvalue weighted by atomic mass is 32.1. The summed E-state index contributed by atoms with van der Waals surface area (Å²) in [7, 11) is 0. The highest BCUT2D eigenvalue weighted by Crippen LogP contribution is 2.12. The van der Waals surface area contributed by atoms with Gasteiger partial charge in [-0.3, -0.25) is 5.41 Å². The minimum atomic E-state index is -0.00519. The van der Waals surface area contributed by atoms with E-state index in [1.165, 1.54) is 11.5 Å². The van der Waals surface area contributed by atoms with E-state index in [1.807, 2.05) is 13.8 Å². The zero-order chi connectivity index (χ0) is 8.43. The lowest BCUT2D eigenvalue weighted by atomic mass is 10.2. The molecule has 5 heteroatoms. The summed E-state index contributed by atoms with van der Waals surface area (Å²) in [4.78, 5) is 4.07. The van der Waals surface area contributed by atoms with Gasteiger partial charge in [-0.1, -0.05) is 13.8 Å². The Hall–Kier alpha value is -0.970. The van der Waals surface area contributed by atoms with Crippen molar-refractivity contribution in [1.29, 1.82) is 5.41 Å². The summed E-state index contributed by atoms with van der Waals surface area (Å²) in [6, 6.07) is 0. The van der Waals surface area contributed by atoms with Crippen LogP contribution in [-0.4, -0.2) is 15.2 Å². The number of hydrogen-bond donors (Lipinski definition) is 2. The lowest BCUT2D eigenvalue weighted by Crippen LogP contribution is -2.10. The van der Waals surface area contributed by atoms with Gasteiger partial charge in [0.2, 0.25) is 0 Å². The van der Waals surface area contributed by atoms with E-state index in [0.29, 0.717) is 10.9 Å². The van der Waals surface area contributed by atoms with Crippen LogP contribution in [0.3, 0.4) is 0 Å². The molecule has 0 radical (unpaired) electrons. The average molecular weight is 170 g/mol. The second-order valence-corrected chi connectivity index (χ2v) is 3.28. The Labute approximate surface area is 69.1 Å². The number of nitrogens with two attached hydrogens (primary N) is 1. The number of amidine groups is 1. The molecule has 60 valence electrons. The zero-order valence-electron chi connectivity index (χ0n) is 6.46. The Morgan fingerprint density at radius 3 is 2.55 bits per heavy atom. The molecule has 0 aliphatic rings. The van der Waals surface area contributed by atoms with E-state index in [0.717, 1.165) is 5.82 Å². The number of nitrogen functional groups attached to an aromatic ring is 1. The van der Waals surface area contributed by atoms with E-state index >= 15 is 0 Å². The first-order valence-corrected chi connectivity index (χ1v) is 4.06. The maximum atomic E-state index is 7.08. The summed E-state index contributed by atoms with van der Waals surface area (Å²) < 4.78 is 4.05. The summed E-state index contributed by atoms with van der Waals surface area (Å²) in [6.45, 7) is 4.01. The van der Waals surface area contributed by atoms with Crippen molar-refractivity contribution < 1.29 is 0 Å². The first-order chi connectivity index (χ1) is 5.11. The molecule has 1 aromatic heterocycles. The van der Waals surface area contributed by atoms with Gasteiger partial charge in [0, 0.05) is 5.92 Å². The molecule has 1 aromatic rings. The predicted molar refractivity (Wildman–Crippen MR) is 45.0 cm³/mol. The fraction of sp³-hybridized carbons (Fsp3) is 0.500. The van der Waals surface area contributed by atoms with Crippen molar-refractivity contribution in [2.45, 2.75) is 19.8 Å². The van der Waals surface area contributed by atoms with E-state index in [4.69, 9.17) is 11.1 Å². The van der Waals surface area contributed by atoms with E-state index < -0.39 is 0 Å². The molecule has 0 spiro atoms. The molecule has 4 nitrogen and oxygen atoms in total. The van der Waals surface area contributed by atoms with Crippen molar-refractivity contribution in [3.8, 4) is 0 Å². The van der Waals surface area contributed by atoms with Gasteiger partial charge in [-0.15, -0.1) is 0 Å². The average Bonchev–Trinajstić information content (AvgIpc) is 2.33. The molecule has 1 rings (SSSR count). The predicted octanol–water partition coefficient (Wildman–Crippen LogP) is 0.946. The molecule has 0 aromatic carbocycles. The van der Waals surface area contributed by atoms with E-state index in [2.05, 4.69) is 9.36 Å². The number of hydrogen-bond acceptors (Lipinski definition) is 4. The van der Waals surface area contributed by atoms with Crippen LogP contribution in [0.5, 0.6) is 0 Å². The van der Waals surface area contributed by atoms with Crippen molar-refractivity contribution in [2.24, 2.45) is 5.73 Å². The Morgan fingerprint density at radius 1 is 1.64 bits per heavy atom. The highest BCUT2D eigenvalue weighted by Gasteiger charge is 2.08. The maximum Gasteiger partial charge on any atom is 0.178 e. The van der Waals surface area contributed by atoms with Crippen LogP contribution in [0.4, 0.5) is 0 Å². The smallest absolute Gasteiger partial charge is 0.178 e. The van der Waals surface area contributed by atoms with Crippen LogP contribution in [0, 0.1) is 5.41 Å². The standard InChI is InChI=1S/C6H10N4S/c1-3(2)5-9-6(4(7)8)11-10-5/h3H,1-2H3,(H3,7,8). The monoisotopic (exact) mass is 170 g/mol. The van der Waals surface area contributed by atoms with Crippen molar-refractivity contribution in [1.82, 2.24) is 9.36 Å². The largest absolute Gasteiger partial charge is 0.382 e. The summed E-state index contributed by atoms with van der Waals surface area (Å²) in [5.74, 6) is 1.06. The fourth-order valence-electron chi connectivity index (χ4n) is 0.579. The second-order valence-electron chi connectivity index (χ2n) is 2.53. The highest BCUT2D eigenvalue weighted by molar-refractivity contribution is 7.07. The number of nitrogens with zero attached hydrogens (tertiary/aromatic N) is 2. The lowest BCUT2D eigenvalue weighted by Gasteiger charge is -1.93. The molecule has 0 fully saturated rings. The maximum absolute atomic E-state index is 7.08. The third kappa shape index (κ3) is 1.74. The zero-order valence-corrected chi connectivity index (χ0v) is 7.27. The summed E-state index contributed by atoms with van der Waals surface area (Å²) in [5, 5.41) is 7.58. The van der Waals surface area contributed by atoms with Crippen LogP contribution in [0.1, 0.15) is 30.6 Å². The van der Waals surface area contributed by atoms with E-state index in [9.17, 15) is 0 Å². The molecule has 0 aliphatic heterocycles. The second kappa shape index (κ2) is 2.96. The van der Waals surface area contributed by atoms with Gasteiger partial charge < -0.3 is 5.73 Å². The van der Waals surface area contributed by atoms with Gasteiger partial charge in [0.05, 0.1) is 0 Å². The Bertz CT molecular complexity index is 265. The van der Waals surface area contributed by atoms with Gasteiger partial charge in [0.1, 0.15) is 5.82 Å². The van der Waals surface area contributed by atoms with E-state index in [-0.39, 0.29) is 5.84 Å². The summed E-state index contributed by atoms with van der Waals surface area (Å²) in [6.07, 6.45) is 0. The molecule has 0 atom stereocenters. The number of rotatable bonds is 2. The molecule has 11 heavy (non-hydrogen) atoms. The molecular weight excluding hydrogens is 160 g/mol. The third-order valence-corrected chi connectivity index (χ3v) is 1.95. The normalized spacial score (nSPS) is 10.5. The van der Waals surface area contributed by atoms with Gasteiger partial charge in [0.15, 0.2) is 10.8 Å². The van der Waals surface area contributed by atoms with Crippen molar-refractivity contribution in [2.75, 3.05) is 0 Å². The SMILES string of the molecule is CC(C)c1nsc(C(=N)N)n1. The Morgan fingerprint density at radius 2 is 2.27 bits per heavy atom. The first kappa shape index (κ1) is 8.13. The molecule has 1 heterocycles. The lowest BCUT2D eigenvalue weighted by molar-refractivity contribution is 0.798. The van der Waals surface area contributed by atoms with Gasteiger partial charge in [-0.25, -0.2) is 4.98 Å². The molecular formula is C6H10N4S. The topological polar surface area (TPSA) is 75.7 Å². The molecule has 3 N–H and O–H groups in total. The van der Waals surface area contributed by atoms with Crippen LogP contribution in [0.25, 0.3) is 0 Å². The van der Waals surface area contributed by atoms with Gasteiger partial charge in [0.25, 0.3) is 0 Å². The Kier molecular flexibility index (Phi) is 2.19. The van der Waals surface area contributed by atoms with Crippen LogP contribution < -0.4 is 5.73 Å². The van der Waals surface area contributed by atoms with Gasteiger partial charge in [-0.05, 0) is 11.5 Å². The Balaban J connectivity index is 2.90. The quantitative estimate of drug-likeness (QED) is 0.512. The fourth-order valence-corrected chi connectivity index (χ4v) is 1.24. The molecule has 0 saturated heterocycles. The molecule has 0 aliphatic carbocycles. The minimum Gasteiger partial charge on any atom is -0.382 e. The molecule has 0 unspecified atom stereocenters. The summed E-state index contributed by atoms with van der Waals surface area (Å²) >= 11 is 1.18. The van der Waals surface area contributed by atoms with Crippen molar-refractivity contribution in [3.63, 3.8) is 0 Å². The van der Waals surface area contributed by atoms with Crippen LogP contribution >= 0.6 is 11.5 Å². The summed E-state index contributed by atoms with van der Waals surface area (Å²) in [5.41, 5.74) is 5.22. The number of aromatic nitrogens is 2. The minimum absolute atomic E-state index is 0.00519. The van der Waals surface area contributed by atoms with Gasteiger partial charge in [-0.2, -0.15) is 4.37 Å². The number of nitrogens with one attached hydrogen (secondary N) is 1. The van der Waals surface area contributed by atoms with E-state index in [1.54, 1.807) is 0 Å². The van der Waals surface area contributed by atoms with Crippen molar-refractivity contribution in [3.05, 3.63) is 10.8 Å². The first-order valence-electron chi connectivity index (χ1n) is 3.29.